The fraction of sp³-hybridized carbons (Fsp3) is 0.200. The lowest BCUT2D eigenvalue weighted by atomic mass is 10.0. The molecule has 0 amide bonds. The third-order valence-electron chi connectivity index (χ3n) is 4.04. The maximum absolute atomic E-state index is 11.7. The molecule has 0 radical (unpaired) electrons. The number of ether oxygens (including phenoxy) is 1. The van der Waals surface area contributed by atoms with Gasteiger partial charge in [-0.1, -0.05) is 37.6 Å². The highest BCUT2D eigenvalue weighted by Gasteiger charge is 2.11. The van der Waals surface area contributed by atoms with Crippen LogP contribution in [0.15, 0.2) is 48.7 Å². The second kappa shape index (κ2) is 8.67. The monoisotopic (exact) mass is 397 g/mol. The van der Waals surface area contributed by atoms with Gasteiger partial charge in [0.15, 0.2) is 5.82 Å². The predicted octanol–water partition coefficient (Wildman–Crippen LogP) is 4.92. The topological polar surface area (TPSA) is 89.0 Å². The molecule has 3 rings (SSSR count). The number of hydrogen-bond donors (Lipinski definition) is 2. The summed E-state index contributed by atoms with van der Waals surface area (Å²) in [6, 6.07) is 12.9. The second-order valence-electron chi connectivity index (χ2n) is 6.38. The molecule has 2 aromatic carbocycles. The summed E-state index contributed by atoms with van der Waals surface area (Å²) in [6.45, 7) is 4.30. The molecule has 7 nitrogen and oxygen atoms in total. The molecule has 28 heavy (non-hydrogen) atoms. The van der Waals surface area contributed by atoms with Crippen LogP contribution in [0.3, 0.4) is 0 Å². The number of esters is 1. The minimum absolute atomic E-state index is 0.243. The van der Waals surface area contributed by atoms with E-state index in [-0.39, 0.29) is 5.95 Å². The van der Waals surface area contributed by atoms with Gasteiger partial charge in [-0.25, -0.2) is 4.79 Å². The standard InChI is InChI=1S/C20H20ClN5O2/c1-12(2)13-4-7-15(8-5-13)23-18-11-22-26-20(25-18)24-17-10-14(19(27)28-3)6-9-16(17)21/h4-12H,1-3H3,(H2,23,24,25,26). The first-order valence-corrected chi connectivity index (χ1v) is 9.05. The fourth-order valence-corrected chi connectivity index (χ4v) is 2.67. The number of carbonyl (C=O) groups is 1. The summed E-state index contributed by atoms with van der Waals surface area (Å²) >= 11 is 6.20. The molecule has 0 bridgehead atoms. The lowest BCUT2D eigenvalue weighted by Crippen LogP contribution is -2.05. The molecule has 3 aromatic rings. The predicted molar refractivity (Wildman–Crippen MR) is 110 cm³/mol. The number of rotatable bonds is 6. The Hall–Kier alpha value is -3.19. The highest BCUT2D eigenvalue weighted by atomic mass is 35.5. The van der Waals surface area contributed by atoms with Gasteiger partial charge in [-0.05, 0) is 41.8 Å². The smallest absolute Gasteiger partial charge is 0.337 e. The van der Waals surface area contributed by atoms with Gasteiger partial charge in [-0.15, -0.1) is 5.10 Å². The van der Waals surface area contributed by atoms with Gasteiger partial charge < -0.3 is 15.4 Å². The molecule has 2 N–H and O–H groups in total. The maximum Gasteiger partial charge on any atom is 0.337 e. The van der Waals surface area contributed by atoms with Crippen LogP contribution in [-0.2, 0) is 4.74 Å². The first-order chi connectivity index (χ1) is 13.5. The summed E-state index contributed by atoms with van der Waals surface area (Å²) in [6.07, 6.45) is 1.52. The van der Waals surface area contributed by atoms with Gasteiger partial charge in [0, 0.05) is 5.69 Å². The van der Waals surface area contributed by atoms with Gasteiger partial charge in [0.1, 0.15) is 0 Å². The second-order valence-corrected chi connectivity index (χ2v) is 6.79. The molecule has 0 aliphatic heterocycles. The van der Waals surface area contributed by atoms with Crippen molar-refractivity contribution in [3.05, 3.63) is 64.8 Å². The lowest BCUT2D eigenvalue weighted by molar-refractivity contribution is 0.0601. The molecule has 0 fully saturated rings. The molecular formula is C20H20ClN5O2. The molecule has 144 valence electrons. The van der Waals surface area contributed by atoms with E-state index in [9.17, 15) is 4.79 Å². The zero-order chi connectivity index (χ0) is 20.1. The number of carbonyl (C=O) groups excluding carboxylic acids is 1. The Labute approximate surface area is 168 Å². The van der Waals surface area contributed by atoms with Crippen molar-refractivity contribution in [2.45, 2.75) is 19.8 Å². The van der Waals surface area contributed by atoms with Crippen molar-refractivity contribution in [1.82, 2.24) is 15.2 Å². The van der Waals surface area contributed by atoms with E-state index < -0.39 is 5.97 Å². The van der Waals surface area contributed by atoms with E-state index >= 15 is 0 Å². The molecule has 0 saturated carbocycles. The van der Waals surface area contributed by atoms with Crippen molar-refractivity contribution in [3.8, 4) is 0 Å². The summed E-state index contributed by atoms with van der Waals surface area (Å²) in [7, 11) is 1.32. The van der Waals surface area contributed by atoms with Gasteiger partial charge in [-0.3, -0.25) is 0 Å². The van der Waals surface area contributed by atoms with E-state index in [1.54, 1.807) is 18.2 Å². The zero-order valence-electron chi connectivity index (χ0n) is 15.7. The fourth-order valence-electron chi connectivity index (χ4n) is 2.50. The van der Waals surface area contributed by atoms with Gasteiger partial charge in [-0.2, -0.15) is 10.1 Å². The molecule has 0 aliphatic carbocycles. The average Bonchev–Trinajstić information content (AvgIpc) is 2.70. The van der Waals surface area contributed by atoms with E-state index in [2.05, 4.69) is 51.8 Å². The quantitative estimate of drug-likeness (QED) is 0.570. The summed E-state index contributed by atoms with van der Waals surface area (Å²) in [5.74, 6) is 0.776. The minimum atomic E-state index is -0.459. The van der Waals surface area contributed by atoms with Crippen LogP contribution in [-0.4, -0.2) is 28.3 Å². The third-order valence-corrected chi connectivity index (χ3v) is 4.37. The average molecular weight is 398 g/mol. The SMILES string of the molecule is COC(=O)c1ccc(Cl)c(Nc2nncc(Nc3ccc(C(C)C)cc3)n2)c1. The van der Waals surface area contributed by atoms with E-state index in [4.69, 9.17) is 16.3 Å². The summed E-state index contributed by atoms with van der Waals surface area (Å²) < 4.78 is 4.73. The Balaban J connectivity index is 1.77. The van der Waals surface area contributed by atoms with E-state index in [0.29, 0.717) is 28.0 Å². The van der Waals surface area contributed by atoms with Crippen LogP contribution < -0.4 is 10.6 Å². The molecule has 1 heterocycles. The first kappa shape index (κ1) is 19.6. The molecule has 8 heteroatoms. The molecule has 0 aliphatic rings. The highest BCUT2D eigenvalue weighted by Crippen LogP contribution is 2.26. The molecular weight excluding hydrogens is 378 g/mol. The van der Waals surface area contributed by atoms with E-state index in [1.807, 2.05) is 12.1 Å². The summed E-state index contributed by atoms with van der Waals surface area (Å²) in [5.41, 5.74) is 2.99. The van der Waals surface area contributed by atoms with Crippen molar-refractivity contribution in [2.75, 3.05) is 17.7 Å². The van der Waals surface area contributed by atoms with E-state index in [0.717, 1.165) is 5.69 Å². The minimum Gasteiger partial charge on any atom is -0.465 e. The maximum atomic E-state index is 11.7. The summed E-state index contributed by atoms with van der Waals surface area (Å²) in [5, 5.41) is 14.5. The first-order valence-electron chi connectivity index (χ1n) is 8.68. The Kier molecular flexibility index (Phi) is 6.06. The third kappa shape index (κ3) is 4.75. The van der Waals surface area contributed by atoms with Crippen LogP contribution in [0.5, 0.6) is 0 Å². The van der Waals surface area contributed by atoms with E-state index in [1.165, 1.54) is 18.9 Å². The number of hydrogen-bond acceptors (Lipinski definition) is 7. The van der Waals surface area contributed by atoms with Crippen molar-refractivity contribution in [1.29, 1.82) is 0 Å². The Bertz CT molecular complexity index is 977. The normalized spacial score (nSPS) is 10.6. The van der Waals surface area contributed by atoms with Crippen molar-refractivity contribution in [3.63, 3.8) is 0 Å². The highest BCUT2D eigenvalue weighted by molar-refractivity contribution is 6.33. The largest absolute Gasteiger partial charge is 0.465 e. The summed E-state index contributed by atoms with van der Waals surface area (Å²) in [4.78, 5) is 16.1. The van der Waals surface area contributed by atoms with Crippen LogP contribution >= 0.6 is 11.6 Å². The number of halogens is 1. The van der Waals surface area contributed by atoms with Gasteiger partial charge >= 0.3 is 5.97 Å². The van der Waals surface area contributed by atoms with Crippen molar-refractivity contribution in [2.24, 2.45) is 0 Å². The molecule has 0 spiro atoms. The van der Waals surface area contributed by atoms with Crippen LogP contribution in [0, 0.1) is 0 Å². The molecule has 0 saturated heterocycles. The number of methoxy groups -OCH3 is 1. The van der Waals surface area contributed by atoms with Crippen LogP contribution in [0.4, 0.5) is 23.1 Å². The van der Waals surface area contributed by atoms with Crippen molar-refractivity contribution < 1.29 is 9.53 Å². The number of aromatic nitrogens is 3. The van der Waals surface area contributed by atoms with Gasteiger partial charge in [0.25, 0.3) is 0 Å². The molecule has 0 unspecified atom stereocenters. The number of benzene rings is 2. The van der Waals surface area contributed by atoms with Crippen LogP contribution in [0.25, 0.3) is 0 Å². The molecule has 0 atom stereocenters. The number of anilines is 4. The Morgan fingerprint density at radius 3 is 2.54 bits per heavy atom. The van der Waals surface area contributed by atoms with Crippen LogP contribution in [0.1, 0.15) is 35.7 Å². The van der Waals surface area contributed by atoms with Crippen LogP contribution in [0.2, 0.25) is 5.02 Å². The lowest BCUT2D eigenvalue weighted by Gasteiger charge is -2.11. The van der Waals surface area contributed by atoms with Gasteiger partial charge in [0.2, 0.25) is 5.95 Å². The number of nitrogens with one attached hydrogen (secondary N) is 2. The molecule has 1 aromatic heterocycles. The Morgan fingerprint density at radius 1 is 1.11 bits per heavy atom. The number of nitrogens with zero attached hydrogens (tertiary/aromatic N) is 3. The zero-order valence-corrected chi connectivity index (χ0v) is 16.5. The van der Waals surface area contributed by atoms with Crippen molar-refractivity contribution >= 4 is 40.7 Å². The van der Waals surface area contributed by atoms with Gasteiger partial charge in [0.05, 0.1) is 29.6 Å². The Morgan fingerprint density at radius 2 is 1.86 bits per heavy atom.